The Morgan fingerprint density at radius 1 is 1.26 bits per heavy atom. The fraction of sp³-hybridized carbons (Fsp3) is 0.267. The van der Waals surface area contributed by atoms with Crippen LogP contribution in [-0.2, 0) is 6.54 Å². The second kappa shape index (κ2) is 5.80. The SMILES string of the molecule is CC(N)c1cc(F)ccc1N(C)Cc1ccncc1. The van der Waals surface area contributed by atoms with Gasteiger partial charge in [0.05, 0.1) is 0 Å². The third-order valence-electron chi connectivity index (χ3n) is 3.06. The first-order valence-corrected chi connectivity index (χ1v) is 6.23. The van der Waals surface area contributed by atoms with Gasteiger partial charge in [-0.1, -0.05) is 0 Å². The number of anilines is 1. The molecule has 0 amide bonds. The summed E-state index contributed by atoms with van der Waals surface area (Å²) in [6.45, 7) is 2.59. The van der Waals surface area contributed by atoms with Crippen LogP contribution >= 0.6 is 0 Å². The van der Waals surface area contributed by atoms with Gasteiger partial charge in [-0.05, 0) is 48.4 Å². The summed E-state index contributed by atoms with van der Waals surface area (Å²) in [5.74, 6) is -0.256. The highest BCUT2D eigenvalue weighted by atomic mass is 19.1. The van der Waals surface area contributed by atoms with Crippen LogP contribution in [0, 0.1) is 5.82 Å². The van der Waals surface area contributed by atoms with Crippen molar-refractivity contribution in [2.45, 2.75) is 19.5 Å². The number of hydrogen-bond acceptors (Lipinski definition) is 3. The van der Waals surface area contributed by atoms with Crippen LogP contribution in [-0.4, -0.2) is 12.0 Å². The molecule has 1 atom stereocenters. The Labute approximate surface area is 112 Å². The van der Waals surface area contributed by atoms with Gasteiger partial charge in [0, 0.05) is 37.7 Å². The zero-order chi connectivity index (χ0) is 13.8. The first kappa shape index (κ1) is 13.5. The molecule has 0 radical (unpaired) electrons. The Bertz CT molecular complexity index is 540. The van der Waals surface area contributed by atoms with Gasteiger partial charge < -0.3 is 10.6 Å². The van der Waals surface area contributed by atoms with Gasteiger partial charge in [0.2, 0.25) is 0 Å². The van der Waals surface area contributed by atoms with Crippen LogP contribution in [0.4, 0.5) is 10.1 Å². The van der Waals surface area contributed by atoms with Gasteiger partial charge in [-0.25, -0.2) is 4.39 Å². The molecule has 1 aromatic heterocycles. The zero-order valence-corrected chi connectivity index (χ0v) is 11.2. The Balaban J connectivity index is 2.26. The molecule has 0 saturated heterocycles. The lowest BCUT2D eigenvalue weighted by Gasteiger charge is -2.24. The molecule has 0 aliphatic rings. The molecule has 0 saturated carbocycles. The Hall–Kier alpha value is -1.94. The number of pyridine rings is 1. The number of aromatic nitrogens is 1. The fourth-order valence-corrected chi connectivity index (χ4v) is 2.08. The molecular weight excluding hydrogens is 241 g/mol. The maximum atomic E-state index is 13.3. The van der Waals surface area contributed by atoms with Gasteiger partial charge in [0.15, 0.2) is 0 Å². The average molecular weight is 259 g/mol. The number of nitrogens with zero attached hydrogens (tertiary/aromatic N) is 2. The van der Waals surface area contributed by atoms with E-state index < -0.39 is 0 Å². The lowest BCUT2D eigenvalue weighted by Crippen LogP contribution is -2.20. The zero-order valence-electron chi connectivity index (χ0n) is 11.2. The van der Waals surface area contributed by atoms with Crippen LogP contribution in [0.5, 0.6) is 0 Å². The van der Waals surface area contributed by atoms with Crippen LogP contribution in [0.3, 0.4) is 0 Å². The number of hydrogen-bond donors (Lipinski definition) is 1. The summed E-state index contributed by atoms with van der Waals surface area (Å²) in [5, 5.41) is 0. The van der Waals surface area contributed by atoms with Crippen LogP contribution in [0.25, 0.3) is 0 Å². The third-order valence-corrected chi connectivity index (χ3v) is 3.06. The first-order chi connectivity index (χ1) is 9.08. The molecule has 0 bridgehead atoms. The molecule has 2 rings (SSSR count). The lowest BCUT2D eigenvalue weighted by molar-refractivity contribution is 0.622. The van der Waals surface area contributed by atoms with Crippen LogP contribution in [0.15, 0.2) is 42.7 Å². The van der Waals surface area contributed by atoms with Gasteiger partial charge in [0.1, 0.15) is 5.82 Å². The van der Waals surface area contributed by atoms with E-state index in [1.807, 2.05) is 26.1 Å². The average Bonchev–Trinajstić information content (AvgIpc) is 2.39. The minimum absolute atomic E-state index is 0.203. The highest BCUT2D eigenvalue weighted by Crippen LogP contribution is 2.26. The Morgan fingerprint density at radius 3 is 2.58 bits per heavy atom. The summed E-state index contributed by atoms with van der Waals surface area (Å²) in [5.41, 5.74) is 8.83. The summed E-state index contributed by atoms with van der Waals surface area (Å²) in [6, 6.07) is 8.46. The van der Waals surface area contributed by atoms with Crippen LogP contribution < -0.4 is 10.6 Å². The van der Waals surface area contributed by atoms with Gasteiger partial charge in [-0.2, -0.15) is 0 Å². The first-order valence-electron chi connectivity index (χ1n) is 6.23. The number of halogens is 1. The standard InChI is InChI=1S/C15H18FN3/c1-11(17)14-9-13(16)3-4-15(14)19(2)10-12-5-7-18-8-6-12/h3-9,11H,10,17H2,1-2H3. The quantitative estimate of drug-likeness (QED) is 0.918. The molecule has 0 aliphatic heterocycles. The summed E-state index contributed by atoms with van der Waals surface area (Å²) < 4.78 is 13.3. The van der Waals surface area contributed by atoms with E-state index in [-0.39, 0.29) is 11.9 Å². The number of nitrogens with two attached hydrogens (primary N) is 1. The highest BCUT2D eigenvalue weighted by Gasteiger charge is 2.12. The van der Waals surface area contributed by atoms with Crippen molar-refractivity contribution in [3.63, 3.8) is 0 Å². The molecule has 1 aromatic carbocycles. The van der Waals surface area contributed by atoms with Crippen LogP contribution in [0.1, 0.15) is 24.1 Å². The van der Waals surface area contributed by atoms with Crippen molar-refractivity contribution in [3.05, 3.63) is 59.7 Å². The number of rotatable bonds is 4. The summed E-state index contributed by atoms with van der Waals surface area (Å²) in [4.78, 5) is 6.06. The predicted molar refractivity (Wildman–Crippen MR) is 75.3 cm³/mol. The smallest absolute Gasteiger partial charge is 0.123 e. The monoisotopic (exact) mass is 259 g/mol. The largest absolute Gasteiger partial charge is 0.370 e. The van der Waals surface area contributed by atoms with E-state index in [1.165, 1.54) is 12.1 Å². The normalized spacial score (nSPS) is 12.2. The van der Waals surface area contributed by atoms with Crippen molar-refractivity contribution in [2.24, 2.45) is 5.73 Å². The van der Waals surface area contributed by atoms with E-state index in [4.69, 9.17) is 5.73 Å². The molecule has 100 valence electrons. The third kappa shape index (κ3) is 3.29. The van der Waals surface area contributed by atoms with E-state index in [0.717, 1.165) is 23.4 Å². The van der Waals surface area contributed by atoms with Gasteiger partial charge in [-0.15, -0.1) is 0 Å². The second-order valence-electron chi connectivity index (χ2n) is 4.70. The topological polar surface area (TPSA) is 42.1 Å². The molecule has 2 N–H and O–H groups in total. The van der Waals surface area contributed by atoms with E-state index in [9.17, 15) is 4.39 Å². The molecule has 19 heavy (non-hydrogen) atoms. The molecule has 3 nitrogen and oxygen atoms in total. The van der Waals surface area contributed by atoms with Crippen LogP contribution in [0.2, 0.25) is 0 Å². The van der Waals surface area contributed by atoms with E-state index >= 15 is 0 Å². The second-order valence-corrected chi connectivity index (χ2v) is 4.70. The van der Waals surface area contributed by atoms with Crippen molar-refractivity contribution in [1.29, 1.82) is 0 Å². The maximum absolute atomic E-state index is 13.3. The van der Waals surface area contributed by atoms with Crippen molar-refractivity contribution in [2.75, 3.05) is 11.9 Å². The predicted octanol–water partition coefficient (Wildman–Crippen LogP) is 2.88. The van der Waals surface area contributed by atoms with E-state index in [1.54, 1.807) is 18.5 Å². The van der Waals surface area contributed by atoms with E-state index in [2.05, 4.69) is 9.88 Å². The summed E-state index contributed by atoms with van der Waals surface area (Å²) in [7, 11) is 1.97. The molecule has 0 spiro atoms. The Morgan fingerprint density at radius 2 is 1.95 bits per heavy atom. The summed E-state index contributed by atoms with van der Waals surface area (Å²) in [6.07, 6.45) is 3.53. The van der Waals surface area contributed by atoms with E-state index in [0.29, 0.717) is 0 Å². The van der Waals surface area contributed by atoms with Gasteiger partial charge >= 0.3 is 0 Å². The Kier molecular flexibility index (Phi) is 4.12. The molecule has 0 fully saturated rings. The molecule has 1 heterocycles. The number of benzene rings is 1. The van der Waals surface area contributed by atoms with Gasteiger partial charge in [-0.3, -0.25) is 4.98 Å². The van der Waals surface area contributed by atoms with Crippen molar-refractivity contribution < 1.29 is 4.39 Å². The molecular formula is C15H18FN3. The van der Waals surface area contributed by atoms with Crippen molar-refractivity contribution in [3.8, 4) is 0 Å². The highest BCUT2D eigenvalue weighted by molar-refractivity contribution is 5.54. The molecule has 1 unspecified atom stereocenters. The van der Waals surface area contributed by atoms with Crippen molar-refractivity contribution in [1.82, 2.24) is 4.98 Å². The minimum Gasteiger partial charge on any atom is -0.370 e. The fourth-order valence-electron chi connectivity index (χ4n) is 2.08. The summed E-state index contributed by atoms with van der Waals surface area (Å²) >= 11 is 0. The van der Waals surface area contributed by atoms with Gasteiger partial charge in [0.25, 0.3) is 0 Å². The van der Waals surface area contributed by atoms with Crippen molar-refractivity contribution >= 4 is 5.69 Å². The molecule has 0 aliphatic carbocycles. The maximum Gasteiger partial charge on any atom is 0.123 e. The lowest BCUT2D eigenvalue weighted by atomic mass is 10.1. The molecule has 2 aromatic rings. The minimum atomic E-state index is -0.256. The molecule has 4 heteroatoms.